The van der Waals surface area contributed by atoms with Crippen molar-refractivity contribution >= 4 is 40.4 Å². The van der Waals surface area contributed by atoms with Crippen LogP contribution in [0.25, 0.3) is 10.9 Å². The quantitative estimate of drug-likeness (QED) is 0.320. The van der Waals surface area contributed by atoms with E-state index < -0.39 is 34.7 Å². The van der Waals surface area contributed by atoms with Crippen LogP contribution in [-0.4, -0.2) is 73.3 Å². The summed E-state index contributed by atoms with van der Waals surface area (Å²) in [5.41, 5.74) is 1.93. The summed E-state index contributed by atoms with van der Waals surface area (Å²) in [6.07, 6.45) is 1.78. The van der Waals surface area contributed by atoms with E-state index in [1.54, 1.807) is 24.4 Å². The number of aromatic nitrogens is 2. The third-order valence-corrected chi connectivity index (χ3v) is 7.85. The second kappa shape index (κ2) is 11.2. The maximum Gasteiger partial charge on any atom is 0.254 e. The van der Waals surface area contributed by atoms with Crippen LogP contribution in [0.2, 0.25) is 0 Å². The summed E-state index contributed by atoms with van der Waals surface area (Å²) in [6, 6.07) is 12.8. The van der Waals surface area contributed by atoms with Crippen molar-refractivity contribution in [1.82, 2.24) is 25.7 Å². The molecule has 1 fully saturated rings. The second-order valence-electron chi connectivity index (χ2n) is 9.47. The second-order valence-corrected chi connectivity index (χ2v) is 11.1. The van der Waals surface area contributed by atoms with Gasteiger partial charge in [0, 0.05) is 16.7 Å². The number of benzene rings is 2. The van der Waals surface area contributed by atoms with Crippen molar-refractivity contribution in [2.75, 3.05) is 12.4 Å². The first-order chi connectivity index (χ1) is 17.7. The maximum atomic E-state index is 13.6. The highest BCUT2D eigenvalue weighted by Crippen LogP contribution is 2.39. The molecule has 1 aliphatic heterocycles. The predicted molar refractivity (Wildman–Crippen MR) is 144 cm³/mol. The fraction of sp³-hybridized carbons (Fsp3) is 0.333. The number of amides is 3. The van der Waals surface area contributed by atoms with Gasteiger partial charge in [0.05, 0.1) is 29.2 Å². The first-order valence-electron chi connectivity index (χ1n) is 12.0. The standard InChI is InChI=1S/C27H31N5O4S/c1-4-13-28-25(35)23-27(2,3)37-16-32(23)26(36)22(33)21(14-17-9-6-5-7-10-17)30-24(34)18-11-8-12-20-19(18)15-29-31-20/h4-12,15,21-23,33H,1,13-14,16H2,2-3H3,(H,28,35)(H,29,31)(H,30,34)/t21-,22-,23+/m0/s1. The zero-order chi connectivity index (χ0) is 26.6. The molecule has 3 atom stereocenters. The van der Waals surface area contributed by atoms with E-state index in [1.165, 1.54) is 16.7 Å². The van der Waals surface area contributed by atoms with Gasteiger partial charge in [-0.2, -0.15) is 5.10 Å². The van der Waals surface area contributed by atoms with Gasteiger partial charge in [-0.15, -0.1) is 18.3 Å². The summed E-state index contributed by atoms with van der Waals surface area (Å²) < 4.78 is -0.560. The van der Waals surface area contributed by atoms with Gasteiger partial charge in [0.15, 0.2) is 6.10 Å². The average molecular weight is 522 g/mol. The smallest absolute Gasteiger partial charge is 0.254 e. The molecule has 4 N–H and O–H groups in total. The zero-order valence-electron chi connectivity index (χ0n) is 20.8. The summed E-state index contributed by atoms with van der Waals surface area (Å²) in [4.78, 5) is 41.3. The first kappa shape index (κ1) is 26.4. The molecule has 9 nitrogen and oxygen atoms in total. The lowest BCUT2D eigenvalue weighted by Gasteiger charge is -2.33. The Kier molecular flexibility index (Phi) is 7.99. The SMILES string of the molecule is C=CCNC(=O)[C@H]1N(C(=O)[C@@H](O)[C@H](Cc2ccccc2)NC(=O)c2cccc3[nH]ncc23)CSC1(C)C. The fourth-order valence-electron chi connectivity index (χ4n) is 4.55. The van der Waals surface area contributed by atoms with Crippen LogP contribution < -0.4 is 10.6 Å². The molecule has 1 aromatic heterocycles. The summed E-state index contributed by atoms with van der Waals surface area (Å²) in [5, 5.41) is 24.4. The summed E-state index contributed by atoms with van der Waals surface area (Å²) in [7, 11) is 0. The number of nitrogens with one attached hydrogen (secondary N) is 3. The van der Waals surface area contributed by atoms with Gasteiger partial charge in [0.2, 0.25) is 5.91 Å². The lowest BCUT2D eigenvalue weighted by molar-refractivity contribution is -0.147. The number of carbonyl (C=O) groups is 3. The molecular weight excluding hydrogens is 490 g/mol. The minimum absolute atomic E-state index is 0.221. The molecule has 1 saturated heterocycles. The largest absolute Gasteiger partial charge is 0.381 e. The minimum atomic E-state index is -1.57. The number of aliphatic hydroxyl groups is 1. The van der Waals surface area contributed by atoms with E-state index in [0.29, 0.717) is 16.5 Å². The van der Waals surface area contributed by atoms with E-state index in [9.17, 15) is 19.5 Å². The third kappa shape index (κ3) is 5.70. The fourth-order valence-corrected chi connectivity index (χ4v) is 5.69. The molecule has 3 aromatic rings. The van der Waals surface area contributed by atoms with Gasteiger partial charge in [0.1, 0.15) is 6.04 Å². The Morgan fingerprint density at radius 1 is 1.24 bits per heavy atom. The highest BCUT2D eigenvalue weighted by Gasteiger charge is 2.49. The summed E-state index contributed by atoms with van der Waals surface area (Å²) in [6.45, 7) is 7.68. The first-order valence-corrected chi connectivity index (χ1v) is 13.0. The van der Waals surface area contributed by atoms with E-state index >= 15 is 0 Å². The molecule has 3 amide bonds. The Morgan fingerprint density at radius 2 is 2.00 bits per heavy atom. The number of aromatic amines is 1. The van der Waals surface area contributed by atoms with Gasteiger partial charge < -0.3 is 20.6 Å². The maximum absolute atomic E-state index is 13.6. The summed E-state index contributed by atoms with van der Waals surface area (Å²) >= 11 is 1.46. The van der Waals surface area contributed by atoms with E-state index in [4.69, 9.17) is 0 Å². The number of fused-ring (bicyclic) bond motifs is 1. The van der Waals surface area contributed by atoms with Gasteiger partial charge in [-0.3, -0.25) is 19.5 Å². The lowest BCUT2D eigenvalue weighted by atomic mass is 9.96. The van der Waals surface area contributed by atoms with Crippen LogP contribution in [0.4, 0.5) is 0 Å². The molecule has 37 heavy (non-hydrogen) atoms. The number of nitrogens with zero attached hydrogens (tertiary/aromatic N) is 2. The van der Waals surface area contributed by atoms with Gasteiger partial charge >= 0.3 is 0 Å². The number of carbonyl (C=O) groups excluding carboxylic acids is 3. The van der Waals surface area contributed by atoms with Crippen LogP contribution in [-0.2, 0) is 16.0 Å². The number of H-pyrrole nitrogens is 1. The highest BCUT2D eigenvalue weighted by atomic mass is 32.2. The highest BCUT2D eigenvalue weighted by molar-refractivity contribution is 8.00. The Labute approximate surface area is 219 Å². The topological polar surface area (TPSA) is 127 Å². The summed E-state index contributed by atoms with van der Waals surface area (Å²) in [5.74, 6) is -1.11. The van der Waals surface area contributed by atoms with Crippen molar-refractivity contribution < 1.29 is 19.5 Å². The van der Waals surface area contributed by atoms with Crippen molar-refractivity contribution in [1.29, 1.82) is 0 Å². The van der Waals surface area contributed by atoms with E-state index in [2.05, 4.69) is 27.4 Å². The number of aliphatic hydroxyl groups excluding tert-OH is 1. The monoisotopic (exact) mass is 521 g/mol. The van der Waals surface area contributed by atoms with Crippen LogP contribution in [0.1, 0.15) is 29.8 Å². The Bertz CT molecular complexity index is 1290. The predicted octanol–water partition coefficient (Wildman–Crippen LogP) is 2.25. The number of rotatable bonds is 9. The van der Waals surface area contributed by atoms with E-state index in [-0.39, 0.29) is 24.7 Å². The number of thioether (sulfide) groups is 1. The Hall–Kier alpha value is -3.63. The molecule has 4 rings (SSSR count). The molecule has 0 bridgehead atoms. The van der Waals surface area contributed by atoms with Gasteiger partial charge in [0.25, 0.3) is 11.8 Å². The molecule has 194 valence electrons. The van der Waals surface area contributed by atoms with Crippen molar-refractivity contribution in [2.24, 2.45) is 0 Å². The zero-order valence-corrected chi connectivity index (χ0v) is 21.6. The van der Waals surface area contributed by atoms with Gasteiger partial charge in [-0.05, 0) is 38.0 Å². The van der Waals surface area contributed by atoms with Crippen molar-refractivity contribution in [2.45, 2.75) is 43.2 Å². The normalized spacial score (nSPS) is 18.2. The van der Waals surface area contributed by atoms with Crippen LogP contribution >= 0.6 is 11.8 Å². The minimum Gasteiger partial charge on any atom is -0.381 e. The van der Waals surface area contributed by atoms with Crippen LogP contribution in [0, 0.1) is 0 Å². The molecule has 0 aliphatic carbocycles. The molecule has 0 saturated carbocycles. The molecule has 0 spiro atoms. The van der Waals surface area contributed by atoms with Crippen molar-refractivity contribution in [3.63, 3.8) is 0 Å². The van der Waals surface area contributed by atoms with Crippen molar-refractivity contribution in [3.8, 4) is 0 Å². The molecule has 0 unspecified atom stereocenters. The molecule has 2 heterocycles. The molecule has 0 radical (unpaired) electrons. The van der Waals surface area contributed by atoms with Crippen LogP contribution in [0.3, 0.4) is 0 Å². The van der Waals surface area contributed by atoms with Crippen LogP contribution in [0.5, 0.6) is 0 Å². The average Bonchev–Trinajstić information content (AvgIpc) is 3.50. The molecule has 2 aromatic carbocycles. The van der Waals surface area contributed by atoms with Crippen molar-refractivity contribution in [3.05, 3.63) is 78.5 Å². The third-order valence-electron chi connectivity index (χ3n) is 6.48. The Morgan fingerprint density at radius 3 is 2.73 bits per heavy atom. The molecule has 10 heteroatoms. The molecule has 1 aliphatic rings. The van der Waals surface area contributed by atoms with Crippen LogP contribution in [0.15, 0.2) is 67.4 Å². The van der Waals surface area contributed by atoms with E-state index in [1.807, 2.05) is 50.2 Å². The lowest BCUT2D eigenvalue weighted by Crippen LogP contribution is -2.58. The van der Waals surface area contributed by atoms with E-state index in [0.717, 1.165) is 5.56 Å². The number of hydrogen-bond donors (Lipinski definition) is 4. The molecular formula is C27H31N5O4S. The Balaban J connectivity index is 1.60. The van der Waals surface area contributed by atoms with Gasteiger partial charge in [-0.1, -0.05) is 42.5 Å². The van der Waals surface area contributed by atoms with Gasteiger partial charge in [-0.25, -0.2) is 0 Å². The number of hydrogen-bond acceptors (Lipinski definition) is 6.